The lowest BCUT2D eigenvalue weighted by atomic mass is 9.91. The molecule has 1 fully saturated rings. The first kappa shape index (κ1) is 11.9. The van der Waals surface area contributed by atoms with Crippen molar-refractivity contribution in [2.45, 2.75) is 26.3 Å². The summed E-state index contributed by atoms with van der Waals surface area (Å²) >= 11 is 0. The monoisotopic (exact) mass is 187 g/mol. The van der Waals surface area contributed by atoms with Gasteiger partial charge in [-0.25, -0.2) is 0 Å². The second-order valence-corrected chi connectivity index (χ2v) is 2.73. The Balaban J connectivity index is 0.000000671. The highest BCUT2D eigenvalue weighted by Crippen LogP contribution is 2.09. The van der Waals surface area contributed by atoms with Crippen LogP contribution in [0, 0.1) is 0 Å². The zero-order chi connectivity index (χ0) is 10.5. The third kappa shape index (κ3) is 2.69. The number of carbonyl (C=O) groups is 2. The maximum absolute atomic E-state index is 10.8. The van der Waals surface area contributed by atoms with Gasteiger partial charge in [-0.1, -0.05) is 13.8 Å². The fraction of sp³-hybridized carbons (Fsp3) is 0.750. The van der Waals surface area contributed by atoms with Gasteiger partial charge < -0.3 is 16.4 Å². The lowest BCUT2D eigenvalue weighted by molar-refractivity contribution is -0.132. The van der Waals surface area contributed by atoms with Gasteiger partial charge in [0, 0.05) is 20.0 Å². The van der Waals surface area contributed by atoms with E-state index in [-0.39, 0.29) is 5.91 Å². The molecule has 76 valence electrons. The van der Waals surface area contributed by atoms with Gasteiger partial charge in [0.05, 0.1) is 0 Å². The molecule has 0 radical (unpaired) electrons. The SMILES string of the molecule is CC.CC(=O)NC1(C(N)=O)CNC1. The Morgan fingerprint density at radius 3 is 1.92 bits per heavy atom. The van der Waals surface area contributed by atoms with E-state index in [0.29, 0.717) is 13.1 Å². The van der Waals surface area contributed by atoms with Gasteiger partial charge in [0.2, 0.25) is 11.8 Å². The second-order valence-electron chi connectivity index (χ2n) is 2.73. The quantitative estimate of drug-likeness (QED) is 0.517. The number of hydrogen-bond donors (Lipinski definition) is 3. The van der Waals surface area contributed by atoms with E-state index in [4.69, 9.17) is 5.73 Å². The van der Waals surface area contributed by atoms with Crippen LogP contribution in [0.1, 0.15) is 20.8 Å². The zero-order valence-electron chi connectivity index (χ0n) is 8.31. The molecule has 1 aliphatic heterocycles. The molecule has 1 heterocycles. The molecule has 0 aromatic heterocycles. The molecule has 13 heavy (non-hydrogen) atoms. The molecule has 5 heteroatoms. The number of nitrogens with two attached hydrogens (primary N) is 1. The lowest BCUT2D eigenvalue weighted by Crippen LogP contribution is -2.74. The first-order valence-electron chi connectivity index (χ1n) is 4.36. The van der Waals surface area contributed by atoms with E-state index in [2.05, 4.69) is 10.6 Å². The van der Waals surface area contributed by atoms with Crippen LogP contribution in [0.25, 0.3) is 0 Å². The van der Waals surface area contributed by atoms with Crippen LogP contribution in [0.5, 0.6) is 0 Å². The first-order valence-corrected chi connectivity index (χ1v) is 4.36. The molecule has 0 spiro atoms. The largest absolute Gasteiger partial charge is 0.368 e. The van der Waals surface area contributed by atoms with Crippen LogP contribution in [0.3, 0.4) is 0 Å². The number of hydrogen-bond acceptors (Lipinski definition) is 3. The predicted octanol–water partition coefficient (Wildman–Crippen LogP) is -1.02. The van der Waals surface area contributed by atoms with Crippen LogP contribution < -0.4 is 16.4 Å². The van der Waals surface area contributed by atoms with Gasteiger partial charge in [-0.05, 0) is 0 Å². The van der Waals surface area contributed by atoms with E-state index in [1.807, 2.05) is 13.8 Å². The minimum Gasteiger partial charge on any atom is -0.368 e. The summed E-state index contributed by atoms with van der Waals surface area (Å²) in [4.78, 5) is 21.4. The standard InChI is InChI=1S/C6H11N3O2.C2H6/c1-4(10)9-6(5(7)11)2-8-3-6;1-2/h8H,2-3H2,1H3,(H2,7,11)(H,9,10);1-2H3. The average molecular weight is 187 g/mol. The number of nitrogens with one attached hydrogen (secondary N) is 2. The number of amides is 2. The van der Waals surface area contributed by atoms with Crippen LogP contribution in [0.4, 0.5) is 0 Å². The molecule has 0 atom stereocenters. The molecule has 1 aliphatic rings. The van der Waals surface area contributed by atoms with Gasteiger partial charge in [-0.15, -0.1) is 0 Å². The van der Waals surface area contributed by atoms with E-state index in [1.54, 1.807) is 0 Å². The third-order valence-corrected chi connectivity index (χ3v) is 1.74. The fourth-order valence-electron chi connectivity index (χ4n) is 1.04. The van der Waals surface area contributed by atoms with Gasteiger partial charge in [0.15, 0.2) is 0 Å². The molecular weight excluding hydrogens is 170 g/mol. The normalized spacial score (nSPS) is 17.5. The Hall–Kier alpha value is -1.10. The molecular formula is C8H17N3O2. The van der Waals surface area contributed by atoms with Crippen molar-refractivity contribution >= 4 is 11.8 Å². The molecule has 0 aromatic carbocycles. The Morgan fingerprint density at radius 2 is 1.85 bits per heavy atom. The summed E-state index contributed by atoms with van der Waals surface area (Å²) in [6.45, 7) is 6.23. The van der Waals surface area contributed by atoms with Gasteiger partial charge in [0.1, 0.15) is 5.54 Å². The van der Waals surface area contributed by atoms with Gasteiger partial charge in [-0.3, -0.25) is 9.59 Å². The van der Waals surface area contributed by atoms with E-state index in [0.717, 1.165) is 0 Å². The van der Waals surface area contributed by atoms with Crippen LogP contribution in [0.2, 0.25) is 0 Å². The Bertz CT molecular complexity index is 200. The summed E-state index contributed by atoms with van der Waals surface area (Å²) in [6.07, 6.45) is 0. The minimum absolute atomic E-state index is 0.231. The second kappa shape index (κ2) is 4.81. The van der Waals surface area contributed by atoms with E-state index in [9.17, 15) is 9.59 Å². The van der Waals surface area contributed by atoms with E-state index >= 15 is 0 Å². The Kier molecular flexibility index (Phi) is 4.40. The maximum Gasteiger partial charge on any atom is 0.245 e. The number of carbonyl (C=O) groups excluding carboxylic acids is 2. The van der Waals surface area contributed by atoms with E-state index < -0.39 is 11.4 Å². The summed E-state index contributed by atoms with van der Waals surface area (Å²) in [5.74, 6) is -0.711. The molecule has 0 aromatic rings. The molecule has 0 unspecified atom stereocenters. The van der Waals surface area contributed by atoms with Crippen molar-refractivity contribution in [3.05, 3.63) is 0 Å². The van der Waals surface area contributed by atoms with Crippen molar-refractivity contribution in [1.82, 2.24) is 10.6 Å². The number of primary amides is 1. The summed E-state index contributed by atoms with van der Waals surface area (Å²) in [5.41, 5.74) is 4.26. The third-order valence-electron chi connectivity index (χ3n) is 1.74. The molecule has 4 N–H and O–H groups in total. The molecule has 1 rings (SSSR count). The highest BCUT2D eigenvalue weighted by Gasteiger charge is 2.43. The maximum atomic E-state index is 10.8. The Labute approximate surface area is 78.1 Å². The van der Waals surface area contributed by atoms with Crippen molar-refractivity contribution in [3.63, 3.8) is 0 Å². The summed E-state index contributed by atoms with van der Waals surface area (Å²) in [7, 11) is 0. The van der Waals surface area contributed by atoms with Crippen molar-refractivity contribution in [1.29, 1.82) is 0 Å². The zero-order valence-corrected chi connectivity index (χ0v) is 8.31. The molecule has 2 amide bonds. The smallest absolute Gasteiger partial charge is 0.245 e. The molecule has 0 aliphatic carbocycles. The molecule has 0 bridgehead atoms. The fourth-order valence-corrected chi connectivity index (χ4v) is 1.04. The van der Waals surface area contributed by atoms with Crippen LogP contribution in [-0.2, 0) is 9.59 Å². The predicted molar refractivity (Wildman–Crippen MR) is 50.0 cm³/mol. The highest BCUT2D eigenvalue weighted by atomic mass is 16.2. The minimum atomic E-state index is -0.828. The highest BCUT2D eigenvalue weighted by molar-refractivity contribution is 5.91. The first-order chi connectivity index (χ1) is 6.07. The van der Waals surface area contributed by atoms with Crippen LogP contribution >= 0.6 is 0 Å². The summed E-state index contributed by atoms with van der Waals surface area (Å²) in [6, 6.07) is 0. The lowest BCUT2D eigenvalue weighted by Gasteiger charge is -2.39. The topological polar surface area (TPSA) is 84.2 Å². The van der Waals surface area contributed by atoms with Gasteiger partial charge >= 0.3 is 0 Å². The van der Waals surface area contributed by atoms with Crippen molar-refractivity contribution in [2.24, 2.45) is 5.73 Å². The van der Waals surface area contributed by atoms with Crippen LogP contribution in [0.15, 0.2) is 0 Å². The van der Waals surface area contributed by atoms with Crippen molar-refractivity contribution in [3.8, 4) is 0 Å². The summed E-state index contributed by atoms with van der Waals surface area (Å²) < 4.78 is 0. The Morgan fingerprint density at radius 1 is 1.38 bits per heavy atom. The molecule has 1 saturated heterocycles. The average Bonchev–Trinajstić information content (AvgIpc) is 2.00. The molecule has 0 saturated carbocycles. The summed E-state index contributed by atoms with van der Waals surface area (Å²) in [5, 5.41) is 5.39. The van der Waals surface area contributed by atoms with Crippen molar-refractivity contribution < 1.29 is 9.59 Å². The van der Waals surface area contributed by atoms with Gasteiger partial charge in [0.25, 0.3) is 0 Å². The molecule has 5 nitrogen and oxygen atoms in total. The van der Waals surface area contributed by atoms with E-state index in [1.165, 1.54) is 6.92 Å². The van der Waals surface area contributed by atoms with Crippen molar-refractivity contribution in [2.75, 3.05) is 13.1 Å². The number of rotatable bonds is 2. The van der Waals surface area contributed by atoms with Crippen LogP contribution in [-0.4, -0.2) is 30.4 Å². The van der Waals surface area contributed by atoms with Gasteiger partial charge in [-0.2, -0.15) is 0 Å².